The van der Waals surface area contributed by atoms with E-state index in [0.29, 0.717) is 13.2 Å². The Morgan fingerprint density at radius 3 is 3.00 bits per heavy atom. The SMILES string of the molecule is CNc1cc(N(C)CC(O)COC)ccn1. The van der Waals surface area contributed by atoms with E-state index in [4.69, 9.17) is 4.74 Å². The summed E-state index contributed by atoms with van der Waals surface area (Å²) in [5.74, 6) is 0.811. The lowest BCUT2D eigenvalue weighted by Gasteiger charge is -2.22. The van der Waals surface area contributed by atoms with Crippen LogP contribution in [0.25, 0.3) is 0 Å². The summed E-state index contributed by atoms with van der Waals surface area (Å²) in [4.78, 5) is 6.10. The number of pyridine rings is 1. The first-order chi connectivity index (χ1) is 7.67. The molecule has 5 nitrogen and oxygen atoms in total. The van der Waals surface area contributed by atoms with Crippen LogP contribution >= 0.6 is 0 Å². The molecule has 0 amide bonds. The zero-order valence-corrected chi connectivity index (χ0v) is 9.97. The Bertz CT molecular complexity index is 320. The van der Waals surface area contributed by atoms with Gasteiger partial charge in [-0.15, -0.1) is 0 Å². The van der Waals surface area contributed by atoms with Crippen LogP contribution in [0.1, 0.15) is 0 Å². The zero-order valence-electron chi connectivity index (χ0n) is 9.97. The molecule has 0 aromatic carbocycles. The van der Waals surface area contributed by atoms with Gasteiger partial charge in [0, 0.05) is 45.7 Å². The van der Waals surface area contributed by atoms with Gasteiger partial charge in [0.1, 0.15) is 5.82 Å². The van der Waals surface area contributed by atoms with Crippen molar-refractivity contribution in [2.75, 3.05) is 44.6 Å². The van der Waals surface area contributed by atoms with Crippen LogP contribution in [0.2, 0.25) is 0 Å². The molecule has 1 aromatic rings. The molecule has 1 heterocycles. The monoisotopic (exact) mass is 225 g/mol. The number of ether oxygens (including phenoxy) is 1. The molecule has 0 aliphatic heterocycles. The van der Waals surface area contributed by atoms with E-state index in [1.54, 1.807) is 13.3 Å². The molecule has 0 fully saturated rings. The normalized spacial score (nSPS) is 12.2. The molecule has 1 rings (SSSR count). The average molecular weight is 225 g/mol. The molecule has 0 aliphatic carbocycles. The van der Waals surface area contributed by atoms with Gasteiger partial charge < -0.3 is 20.1 Å². The van der Waals surface area contributed by atoms with Gasteiger partial charge in [-0.25, -0.2) is 4.98 Å². The fourth-order valence-electron chi connectivity index (χ4n) is 1.46. The van der Waals surface area contributed by atoms with E-state index in [9.17, 15) is 5.11 Å². The third-order valence-corrected chi connectivity index (χ3v) is 2.28. The highest BCUT2D eigenvalue weighted by Gasteiger charge is 2.08. The predicted molar refractivity (Wildman–Crippen MR) is 64.9 cm³/mol. The van der Waals surface area contributed by atoms with Crippen LogP contribution in [0.4, 0.5) is 11.5 Å². The molecule has 5 heteroatoms. The van der Waals surface area contributed by atoms with Crippen LogP contribution < -0.4 is 10.2 Å². The van der Waals surface area contributed by atoms with E-state index in [1.165, 1.54) is 0 Å². The van der Waals surface area contributed by atoms with Gasteiger partial charge in [0.25, 0.3) is 0 Å². The fraction of sp³-hybridized carbons (Fsp3) is 0.545. The Kier molecular flexibility index (Phi) is 5.01. The minimum absolute atomic E-state index is 0.342. The third-order valence-electron chi connectivity index (χ3n) is 2.28. The molecule has 90 valence electrons. The van der Waals surface area contributed by atoms with E-state index in [-0.39, 0.29) is 0 Å². The van der Waals surface area contributed by atoms with Crippen LogP contribution in [0.3, 0.4) is 0 Å². The summed E-state index contributed by atoms with van der Waals surface area (Å²) in [5, 5.41) is 12.6. The topological polar surface area (TPSA) is 57.6 Å². The summed E-state index contributed by atoms with van der Waals surface area (Å²) in [5.41, 5.74) is 1.01. The first-order valence-corrected chi connectivity index (χ1v) is 5.19. The highest BCUT2D eigenvalue weighted by molar-refractivity contribution is 5.53. The Morgan fingerprint density at radius 2 is 2.38 bits per heavy atom. The molecule has 0 aliphatic rings. The Hall–Kier alpha value is -1.33. The van der Waals surface area contributed by atoms with Gasteiger partial charge in [-0.1, -0.05) is 0 Å². The number of methoxy groups -OCH3 is 1. The largest absolute Gasteiger partial charge is 0.389 e. The molecular formula is C11H19N3O2. The maximum Gasteiger partial charge on any atom is 0.127 e. The smallest absolute Gasteiger partial charge is 0.127 e. The maximum atomic E-state index is 9.61. The third kappa shape index (κ3) is 3.67. The maximum absolute atomic E-state index is 9.61. The number of likely N-dealkylation sites (N-methyl/N-ethyl adjacent to an activating group) is 1. The fourth-order valence-corrected chi connectivity index (χ4v) is 1.46. The molecule has 16 heavy (non-hydrogen) atoms. The second kappa shape index (κ2) is 6.30. The van der Waals surface area contributed by atoms with E-state index in [0.717, 1.165) is 11.5 Å². The van der Waals surface area contributed by atoms with Crippen molar-refractivity contribution in [1.29, 1.82) is 0 Å². The van der Waals surface area contributed by atoms with Gasteiger partial charge in [-0.05, 0) is 6.07 Å². The number of hydrogen-bond acceptors (Lipinski definition) is 5. The quantitative estimate of drug-likeness (QED) is 0.741. The summed E-state index contributed by atoms with van der Waals surface area (Å²) in [6, 6.07) is 3.83. The van der Waals surface area contributed by atoms with Crippen LogP contribution in [0, 0.1) is 0 Å². The first kappa shape index (κ1) is 12.7. The van der Waals surface area contributed by atoms with Gasteiger partial charge in [-0.2, -0.15) is 0 Å². The molecule has 0 saturated carbocycles. The molecule has 2 N–H and O–H groups in total. The zero-order chi connectivity index (χ0) is 12.0. The number of nitrogens with zero attached hydrogens (tertiary/aromatic N) is 2. The van der Waals surface area contributed by atoms with E-state index in [2.05, 4.69) is 10.3 Å². The summed E-state index contributed by atoms with van der Waals surface area (Å²) >= 11 is 0. The van der Waals surface area contributed by atoms with Crippen LogP contribution in [0.15, 0.2) is 18.3 Å². The Balaban J connectivity index is 2.61. The standard InChI is InChI=1S/C11H19N3O2/c1-12-11-6-9(4-5-13-11)14(2)7-10(15)8-16-3/h4-6,10,15H,7-8H2,1-3H3,(H,12,13). The van der Waals surface area contributed by atoms with Crippen LogP contribution in [0.5, 0.6) is 0 Å². The van der Waals surface area contributed by atoms with Crippen molar-refractivity contribution in [2.45, 2.75) is 6.10 Å². The number of aliphatic hydroxyl groups is 1. The van der Waals surface area contributed by atoms with Gasteiger partial charge in [0.05, 0.1) is 12.7 Å². The van der Waals surface area contributed by atoms with Crippen molar-refractivity contribution in [3.8, 4) is 0 Å². The molecule has 1 atom stereocenters. The van der Waals surface area contributed by atoms with Crippen molar-refractivity contribution in [1.82, 2.24) is 4.98 Å². The van der Waals surface area contributed by atoms with Gasteiger partial charge >= 0.3 is 0 Å². The number of rotatable bonds is 6. The Morgan fingerprint density at radius 1 is 1.62 bits per heavy atom. The lowest BCUT2D eigenvalue weighted by Crippen LogP contribution is -2.31. The number of aliphatic hydroxyl groups excluding tert-OH is 1. The van der Waals surface area contributed by atoms with Crippen molar-refractivity contribution >= 4 is 11.5 Å². The van der Waals surface area contributed by atoms with Crippen molar-refractivity contribution < 1.29 is 9.84 Å². The molecule has 0 saturated heterocycles. The van der Waals surface area contributed by atoms with Crippen molar-refractivity contribution in [3.05, 3.63) is 18.3 Å². The summed E-state index contributed by atoms with van der Waals surface area (Å²) < 4.78 is 4.88. The lowest BCUT2D eigenvalue weighted by molar-refractivity contribution is 0.0695. The highest BCUT2D eigenvalue weighted by Crippen LogP contribution is 2.15. The molecule has 0 bridgehead atoms. The second-order valence-electron chi connectivity index (χ2n) is 3.64. The van der Waals surface area contributed by atoms with Crippen LogP contribution in [-0.4, -0.2) is 50.6 Å². The van der Waals surface area contributed by atoms with Crippen molar-refractivity contribution in [2.24, 2.45) is 0 Å². The average Bonchev–Trinajstić information content (AvgIpc) is 2.29. The number of hydrogen-bond donors (Lipinski definition) is 2. The predicted octanol–water partition coefficient (Wildman–Crippen LogP) is 0.567. The summed E-state index contributed by atoms with van der Waals surface area (Å²) in [6.45, 7) is 0.870. The second-order valence-corrected chi connectivity index (χ2v) is 3.64. The minimum Gasteiger partial charge on any atom is -0.389 e. The molecule has 1 aromatic heterocycles. The molecular weight excluding hydrogens is 206 g/mol. The summed E-state index contributed by atoms with van der Waals surface area (Å²) in [6.07, 6.45) is 1.25. The Labute approximate surface area is 96.1 Å². The molecule has 0 spiro atoms. The minimum atomic E-state index is -0.485. The molecule has 0 radical (unpaired) electrons. The van der Waals surface area contributed by atoms with Crippen LogP contribution in [-0.2, 0) is 4.74 Å². The van der Waals surface area contributed by atoms with E-state index < -0.39 is 6.10 Å². The van der Waals surface area contributed by atoms with Gasteiger partial charge in [0.15, 0.2) is 0 Å². The van der Waals surface area contributed by atoms with E-state index in [1.807, 2.05) is 31.1 Å². The summed E-state index contributed by atoms with van der Waals surface area (Å²) in [7, 11) is 5.33. The first-order valence-electron chi connectivity index (χ1n) is 5.19. The van der Waals surface area contributed by atoms with Gasteiger partial charge in [0.2, 0.25) is 0 Å². The highest BCUT2D eigenvalue weighted by atomic mass is 16.5. The van der Waals surface area contributed by atoms with E-state index >= 15 is 0 Å². The number of aromatic nitrogens is 1. The number of nitrogens with one attached hydrogen (secondary N) is 1. The van der Waals surface area contributed by atoms with Crippen molar-refractivity contribution in [3.63, 3.8) is 0 Å². The number of anilines is 2. The van der Waals surface area contributed by atoms with Gasteiger partial charge in [-0.3, -0.25) is 0 Å². The lowest BCUT2D eigenvalue weighted by atomic mass is 10.3. The molecule has 1 unspecified atom stereocenters.